The van der Waals surface area contributed by atoms with E-state index in [1.54, 1.807) is 0 Å². The van der Waals surface area contributed by atoms with Crippen molar-refractivity contribution in [3.63, 3.8) is 0 Å². The number of nitrogens with zero attached hydrogens (tertiary/aromatic N) is 2. The van der Waals surface area contributed by atoms with Gasteiger partial charge in [-0.2, -0.15) is 5.26 Å². The monoisotopic (exact) mass is 597 g/mol. The highest BCUT2D eigenvalue weighted by Crippen LogP contribution is 2.40. The topological polar surface area (TPSA) is 91.9 Å². The second-order valence-electron chi connectivity index (χ2n) is 11.6. The quantitative estimate of drug-likeness (QED) is 0.153. The molecule has 8 aromatic rings. The normalized spacial score (nSPS) is 13.0. The molecule has 46 heavy (non-hydrogen) atoms. The van der Waals surface area contributed by atoms with E-state index in [0.29, 0.717) is 12.1 Å². The number of fused-ring (bicyclic) bond motifs is 7. The number of aromatic nitrogens is 1. The van der Waals surface area contributed by atoms with Gasteiger partial charge in [0, 0.05) is 33.8 Å². The summed E-state index contributed by atoms with van der Waals surface area (Å²) in [4.78, 5) is 0. The number of nitrogens with one attached hydrogen (secondary N) is 2. The third kappa shape index (κ3) is 4.90. The van der Waals surface area contributed by atoms with Crippen molar-refractivity contribution in [1.29, 1.82) is 5.26 Å². The summed E-state index contributed by atoms with van der Waals surface area (Å²) >= 11 is 0. The maximum absolute atomic E-state index is 9.30. The minimum Gasteiger partial charge on any atom is -0.454 e. The molecule has 0 aliphatic carbocycles. The maximum Gasteiger partial charge on any atom is 0.160 e. The van der Waals surface area contributed by atoms with Crippen LogP contribution < -0.4 is 16.4 Å². The lowest BCUT2D eigenvalue weighted by Gasteiger charge is -2.25. The summed E-state index contributed by atoms with van der Waals surface area (Å²) in [5, 5.41) is 21.0. The van der Waals surface area contributed by atoms with Crippen LogP contribution in [-0.2, 0) is 6.54 Å². The van der Waals surface area contributed by atoms with Crippen molar-refractivity contribution in [3.8, 4) is 11.8 Å². The van der Waals surface area contributed by atoms with Gasteiger partial charge in [-0.05, 0) is 59.2 Å². The van der Waals surface area contributed by atoms with Gasteiger partial charge in [-0.25, -0.2) is 0 Å². The summed E-state index contributed by atoms with van der Waals surface area (Å²) < 4.78 is 8.79. The van der Waals surface area contributed by atoms with E-state index in [-0.39, 0.29) is 6.17 Å². The molecule has 2 heterocycles. The van der Waals surface area contributed by atoms with Crippen LogP contribution in [0, 0.1) is 11.3 Å². The second kappa shape index (κ2) is 11.7. The highest BCUT2D eigenvalue weighted by Gasteiger charge is 2.20. The Labute approximate surface area is 266 Å². The molecule has 0 radical (unpaired) electrons. The molecule has 0 bridgehead atoms. The molecule has 0 aliphatic rings. The molecule has 6 nitrogen and oxygen atoms in total. The first kappa shape index (κ1) is 27.8. The predicted octanol–water partition coefficient (Wildman–Crippen LogP) is 8.59. The van der Waals surface area contributed by atoms with Gasteiger partial charge < -0.3 is 14.7 Å². The van der Waals surface area contributed by atoms with Gasteiger partial charge in [0.25, 0.3) is 0 Å². The van der Waals surface area contributed by atoms with Crippen molar-refractivity contribution in [2.24, 2.45) is 5.73 Å². The Hall–Kier alpha value is -5.71. The van der Waals surface area contributed by atoms with Crippen LogP contribution in [0.3, 0.4) is 0 Å². The SMILES string of the molecule is N#Cc1ccc(C(NCc2ccccc2)NC(N)c2ccc(-n3c4ccccc4c4ccc5c6ccccc6oc5c43)cc2)cc1. The van der Waals surface area contributed by atoms with Crippen molar-refractivity contribution in [2.45, 2.75) is 18.9 Å². The number of hydrogen-bond donors (Lipinski definition) is 3. The molecule has 6 aromatic carbocycles. The lowest BCUT2D eigenvalue weighted by Crippen LogP contribution is -2.39. The minimum atomic E-state index is -0.446. The number of para-hydroxylation sites is 2. The number of benzene rings is 6. The number of hydrogen-bond acceptors (Lipinski definition) is 5. The average Bonchev–Trinajstić information content (AvgIpc) is 3.67. The van der Waals surface area contributed by atoms with Gasteiger partial charge >= 0.3 is 0 Å². The number of furan rings is 1. The largest absolute Gasteiger partial charge is 0.454 e. The van der Waals surface area contributed by atoms with Crippen LogP contribution in [0.2, 0.25) is 0 Å². The van der Waals surface area contributed by atoms with E-state index in [1.165, 1.54) is 10.9 Å². The molecule has 2 aromatic heterocycles. The molecule has 4 N–H and O–H groups in total. The molecule has 6 heteroatoms. The van der Waals surface area contributed by atoms with Gasteiger partial charge in [-0.15, -0.1) is 0 Å². The van der Waals surface area contributed by atoms with Crippen molar-refractivity contribution in [1.82, 2.24) is 15.2 Å². The molecule has 222 valence electrons. The Bertz CT molecular complexity index is 2360. The van der Waals surface area contributed by atoms with Crippen LogP contribution in [0.5, 0.6) is 0 Å². The highest BCUT2D eigenvalue weighted by atomic mass is 16.3. The lowest BCUT2D eigenvalue weighted by atomic mass is 10.1. The van der Waals surface area contributed by atoms with E-state index in [9.17, 15) is 5.26 Å². The minimum absolute atomic E-state index is 0.235. The van der Waals surface area contributed by atoms with E-state index >= 15 is 0 Å². The first-order chi connectivity index (χ1) is 22.7. The Morgan fingerprint density at radius 2 is 1.35 bits per heavy atom. The van der Waals surface area contributed by atoms with Gasteiger partial charge in [0.2, 0.25) is 0 Å². The molecule has 0 aliphatic heterocycles. The number of nitrogens with two attached hydrogens (primary N) is 1. The molecule has 8 rings (SSSR count). The first-order valence-electron chi connectivity index (χ1n) is 15.4. The lowest BCUT2D eigenvalue weighted by molar-refractivity contribution is 0.386. The highest BCUT2D eigenvalue weighted by molar-refractivity contribution is 6.21. The third-order valence-electron chi connectivity index (χ3n) is 8.76. The van der Waals surface area contributed by atoms with Crippen LogP contribution in [-0.4, -0.2) is 4.57 Å². The van der Waals surface area contributed by atoms with Crippen LogP contribution in [0.25, 0.3) is 49.4 Å². The molecule has 0 saturated carbocycles. The molecule has 2 atom stereocenters. The zero-order chi connectivity index (χ0) is 31.0. The van der Waals surface area contributed by atoms with Crippen LogP contribution in [0.1, 0.15) is 34.6 Å². The van der Waals surface area contributed by atoms with E-state index in [2.05, 4.69) is 106 Å². The second-order valence-corrected chi connectivity index (χ2v) is 11.6. The van der Waals surface area contributed by atoms with Crippen LogP contribution in [0.4, 0.5) is 0 Å². The van der Waals surface area contributed by atoms with Crippen molar-refractivity contribution < 1.29 is 4.42 Å². The Kier molecular flexibility index (Phi) is 7.05. The van der Waals surface area contributed by atoms with Gasteiger partial charge in [-0.3, -0.25) is 10.6 Å². The van der Waals surface area contributed by atoms with E-state index in [0.717, 1.165) is 55.2 Å². The molecular formula is C40H31N5O. The standard InChI is InChI=1S/C40H31N5O/c41-24-26-14-16-29(17-15-26)40(43-25-27-8-2-1-3-9-27)44-39(42)28-18-20-30(21-19-28)45-35-12-6-4-10-31(35)33-22-23-34-32-11-5-7-13-36(32)46-38(34)37(33)45/h1-23,39-40,43-44H,25,42H2. The summed E-state index contributed by atoms with van der Waals surface area (Å²) in [6, 6.07) is 49.5. The van der Waals surface area contributed by atoms with E-state index in [4.69, 9.17) is 10.2 Å². The van der Waals surface area contributed by atoms with E-state index in [1.807, 2.05) is 54.6 Å². The molecule has 0 fully saturated rings. The number of nitriles is 1. The summed E-state index contributed by atoms with van der Waals surface area (Å²) in [6.45, 7) is 0.661. The molecular weight excluding hydrogens is 566 g/mol. The fourth-order valence-electron chi connectivity index (χ4n) is 6.44. The van der Waals surface area contributed by atoms with Gasteiger partial charge in [0.05, 0.1) is 35.0 Å². The van der Waals surface area contributed by atoms with Crippen LogP contribution in [0.15, 0.2) is 144 Å². The fraction of sp³-hybridized carbons (Fsp3) is 0.0750. The van der Waals surface area contributed by atoms with Gasteiger partial charge in [0.15, 0.2) is 5.58 Å². The van der Waals surface area contributed by atoms with Crippen molar-refractivity contribution in [2.75, 3.05) is 0 Å². The zero-order valence-electron chi connectivity index (χ0n) is 25.0. The number of rotatable bonds is 8. The fourth-order valence-corrected chi connectivity index (χ4v) is 6.44. The summed E-state index contributed by atoms with van der Waals surface area (Å²) in [6.07, 6.45) is -0.681. The molecule has 0 saturated heterocycles. The Morgan fingerprint density at radius 1 is 0.674 bits per heavy atom. The molecule has 0 amide bonds. The molecule has 0 spiro atoms. The van der Waals surface area contributed by atoms with E-state index < -0.39 is 6.17 Å². The summed E-state index contributed by atoms with van der Waals surface area (Å²) in [7, 11) is 0. The summed E-state index contributed by atoms with van der Waals surface area (Å²) in [5.41, 5.74) is 15.5. The summed E-state index contributed by atoms with van der Waals surface area (Å²) in [5.74, 6) is 0. The maximum atomic E-state index is 9.30. The molecule has 2 unspecified atom stereocenters. The average molecular weight is 598 g/mol. The Morgan fingerprint density at radius 3 is 2.13 bits per heavy atom. The smallest absolute Gasteiger partial charge is 0.160 e. The van der Waals surface area contributed by atoms with Crippen molar-refractivity contribution >= 4 is 43.7 Å². The van der Waals surface area contributed by atoms with Crippen LogP contribution >= 0.6 is 0 Å². The zero-order valence-corrected chi connectivity index (χ0v) is 25.0. The third-order valence-corrected chi connectivity index (χ3v) is 8.76. The predicted molar refractivity (Wildman–Crippen MR) is 185 cm³/mol. The van der Waals surface area contributed by atoms with Crippen molar-refractivity contribution in [3.05, 3.63) is 162 Å². The van der Waals surface area contributed by atoms with Gasteiger partial charge in [-0.1, -0.05) is 97.1 Å². The Balaban J connectivity index is 1.15. The first-order valence-corrected chi connectivity index (χ1v) is 15.4. The van der Waals surface area contributed by atoms with Gasteiger partial charge in [0.1, 0.15) is 5.58 Å².